The zero-order valence-corrected chi connectivity index (χ0v) is 16.2. The summed E-state index contributed by atoms with van der Waals surface area (Å²) in [7, 11) is 1.63. The van der Waals surface area contributed by atoms with Gasteiger partial charge in [-0.1, -0.05) is 17.7 Å². The lowest BCUT2D eigenvalue weighted by Gasteiger charge is -2.07. The summed E-state index contributed by atoms with van der Waals surface area (Å²) < 4.78 is 11.0. The van der Waals surface area contributed by atoms with Gasteiger partial charge in [-0.15, -0.1) is 0 Å². The summed E-state index contributed by atoms with van der Waals surface area (Å²) >= 11 is 6.26. The Morgan fingerprint density at radius 1 is 1.21 bits per heavy atom. The van der Waals surface area contributed by atoms with Crippen LogP contribution in [0.25, 0.3) is 22.6 Å². The van der Waals surface area contributed by atoms with Gasteiger partial charge in [0.1, 0.15) is 0 Å². The Balaban J connectivity index is 1.60. The first kappa shape index (κ1) is 18.9. The van der Waals surface area contributed by atoms with E-state index in [0.717, 1.165) is 11.1 Å². The number of ether oxygens (including phenoxy) is 1. The van der Waals surface area contributed by atoms with Crippen LogP contribution in [0.4, 0.5) is 11.7 Å². The van der Waals surface area contributed by atoms with Gasteiger partial charge in [-0.2, -0.15) is 0 Å². The highest BCUT2D eigenvalue weighted by molar-refractivity contribution is 6.33. The zero-order chi connectivity index (χ0) is 20.2. The molecule has 0 unspecified atom stereocenters. The second-order valence-corrected chi connectivity index (χ2v) is 6.65. The minimum absolute atomic E-state index is 0.206. The van der Waals surface area contributed by atoms with E-state index >= 15 is 0 Å². The molecule has 146 valence electrons. The fraction of sp³-hybridized carbons (Fsp3) is 0.0952. The quantitative estimate of drug-likeness (QED) is 0.483. The predicted molar refractivity (Wildman–Crippen MR) is 111 cm³/mol. The van der Waals surface area contributed by atoms with Crippen LogP contribution in [0.3, 0.4) is 0 Å². The molecule has 3 heterocycles. The van der Waals surface area contributed by atoms with Gasteiger partial charge in [0.2, 0.25) is 0 Å². The minimum Gasteiger partial charge on any atom is -0.423 e. The van der Waals surface area contributed by atoms with E-state index in [9.17, 15) is 4.79 Å². The lowest BCUT2D eigenvalue weighted by atomic mass is 10.1. The van der Waals surface area contributed by atoms with Gasteiger partial charge in [0, 0.05) is 25.1 Å². The molecule has 0 aliphatic heterocycles. The van der Waals surface area contributed by atoms with Crippen molar-refractivity contribution < 1.29 is 9.15 Å². The molecule has 3 aromatic heterocycles. The Morgan fingerprint density at radius 2 is 2.10 bits per heavy atom. The molecule has 0 bridgehead atoms. The number of halogens is 1. The van der Waals surface area contributed by atoms with Crippen molar-refractivity contribution in [2.45, 2.75) is 6.61 Å². The van der Waals surface area contributed by atoms with Gasteiger partial charge in [-0.3, -0.25) is 9.78 Å². The summed E-state index contributed by atoms with van der Waals surface area (Å²) in [5.74, 6) is 0.535. The number of aromatic nitrogens is 3. The molecule has 0 saturated heterocycles. The molecule has 0 atom stereocenters. The van der Waals surface area contributed by atoms with Gasteiger partial charge in [0.25, 0.3) is 11.6 Å². The number of aromatic amines is 1. The number of H-pyrrole nitrogens is 1. The van der Waals surface area contributed by atoms with E-state index < -0.39 is 0 Å². The summed E-state index contributed by atoms with van der Waals surface area (Å²) in [5, 5.41) is 3.62. The van der Waals surface area contributed by atoms with Crippen molar-refractivity contribution in [3.05, 3.63) is 82.0 Å². The third kappa shape index (κ3) is 4.21. The van der Waals surface area contributed by atoms with Crippen LogP contribution in [0.1, 0.15) is 5.56 Å². The first-order chi connectivity index (χ1) is 14.1. The number of anilines is 2. The van der Waals surface area contributed by atoms with Crippen molar-refractivity contribution in [2.24, 2.45) is 0 Å². The number of methoxy groups -OCH3 is 1. The summed E-state index contributed by atoms with van der Waals surface area (Å²) in [5.41, 5.74) is 3.21. The maximum Gasteiger partial charge on any atom is 0.299 e. The number of hydrogen-bond donors (Lipinski definition) is 2. The summed E-state index contributed by atoms with van der Waals surface area (Å²) in [4.78, 5) is 23.2. The Bertz CT molecular complexity index is 1200. The largest absolute Gasteiger partial charge is 0.423 e. The second-order valence-electron chi connectivity index (χ2n) is 6.24. The molecule has 1 aromatic carbocycles. The topological polar surface area (TPSA) is 93.0 Å². The van der Waals surface area contributed by atoms with Crippen LogP contribution < -0.4 is 10.9 Å². The standard InChI is InChI=1S/C21H17ClN4O3/c1-28-12-13-4-5-16(22)18(9-13)26-21-25-11-19(29-21)14-6-8-23-17(10-14)15-3-2-7-24-20(15)27/h2-11H,12H2,1H3,(H,24,27)(H,25,26). The number of benzene rings is 1. The van der Waals surface area contributed by atoms with Crippen molar-refractivity contribution in [2.75, 3.05) is 12.4 Å². The van der Waals surface area contributed by atoms with Crippen LogP contribution in [-0.2, 0) is 11.3 Å². The van der Waals surface area contributed by atoms with Gasteiger partial charge >= 0.3 is 0 Å². The predicted octanol–water partition coefficient (Wildman–Crippen LogP) is 4.64. The third-order valence-corrected chi connectivity index (χ3v) is 4.56. The molecule has 0 amide bonds. The molecule has 8 heteroatoms. The lowest BCUT2D eigenvalue weighted by molar-refractivity contribution is 0.185. The highest BCUT2D eigenvalue weighted by Crippen LogP contribution is 2.30. The Labute approximate surface area is 171 Å². The molecule has 0 spiro atoms. The zero-order valence-electron chi connectivity index (χ0n) is 15.5. The van der Waals surface area contributed by atoms with Crippen LogP contribution in [-0.4, -0.2) is 22.1 Å². The van der Waals surface area contributed by atoms with Crippen molar-refractivity contribution in [1.29, 1.82) is 0 Å². The Kier molecular flexibility index (Phi) is 5.41. The SMILES string of the molecule is COCc1ccc(Cl)c(Nc2ncc(-c3ccnc(-c4ccc[nH]c4=O)c3)o2)c1. The van der Waals surface area contributed by atoms with E-state index in [1.54, 1.807) is 56.0 Å². The molecule has 4 rings (SSSR count). The normalized spacial score (nSPS) is 10.8. The Hall–Kier alpha value is -3.42. The minimum atomic E-state index is -0.206. The molecule has 0 saturated carbocycles. The average molecular weight is 409 g/mol. The molecule has 4 aromatic rings. The van der Waals surface area contributed by atoms with Crippen LogP contribution in [0.5, 0.6) is 0 Å². The number of oxazole rings is 1. The highest BCUT2D eigenvalue weighted by Gasteiger charge is 2.11. The van der Waals surface area contributed by atoms with Crippen molar-refractivity contribution >= 4 is 23.3 Å². The van der Waals surface area contributed by atoms with E-state index in [4.69, 9.17) is 20.8 Å². The summed E-state index contributed by atoms with van der Waals surface area (Å²) in [6.07, 6.45) is 4.80. The lowest BCUT2D eigenvalue weighted by Crippen LogP contribution is -2.07. The molecule has 0 aliphatic carbocycles. The average Bonchev–Trinajstić information content (AvgIpc) is 3.20. The van der Waals surface area contributed by atoms with E-state index in [0.29, 0.717) is 40.3 Å². The first-order valence-corrected chi connectivity index (χ1v) is 9.16. The number of nitrogens with one attached hydrogen (secondary N) is 2. The number of rotatable bonds is 6. The molecule has 29 heavy (non-hydrogen) atoms. The van der Waals surface area contributed by atoms with Crippen molar-refractivity contribution in [1.82, 2.24) is 15.0 Å². The van der Waals surface area contributed by atoms with Crippen molar-refractivity contribution in [3.8, 4) is 22.6 Å². The van der Waals surface area contributed by atoms with Crippen LogP contribution in [0.15, 0.2) is 70.3 Å². The number of hydrogen-bond acceptors (Lipinski definition) is 6. The molecule has 2 N–H and O–H groups in total. The molecule has 0 aliphatic rings. The van der Waals surface area contributed by atoms with Gasteiger partial charge in [0.15, 0.2) is 5.76 Å². The van der Waals surface area contributed by atoms with E-state index in [1.165, 1.54) is 0 Å². The maximum atomic E-state index is 12.0. The third-order valence-electron chi connectivity index (χ3n) is 4.23. The van der Waals surface area contributed by atoms with Gasteiger partial charge in [0.05, 0.1) is 34.8 Å². The molecular weight excluding hydrogens is 392 g/mol. The molecule has 0 fully saturated rings. The van der Waals surface area contributed by atoms with E-state index in [-0.39, 0.29) is 5.56 Å². The van der Waals surface area contributed by atoms with Gasteiger partial charge in [-0.25, -0.2) is 4.98 Å². The number of nitrogens with zero attached hydrogens (tertiary/aromatic N) is 2. The van der Waals surface area contributed by atoms with E-state index in [1.807, 2.05) is 12.1 Å². The van der Waals surface area contributed by atoms with Gasteiger partial charge < -0.3 is 19.5 Å². The highest BCUT2D eigenvalue weighted by atomic mass is 35.5. The number of pyridine rings is 2. The fourth-order valence-corrected chi connectivity index (χ4v) is 3.02. The molecule has 7 nitrogen and oxygen atoms in total. The fourth-order valence-electron chi connectivity index (χ4n) is 2.86. The Morgan fingerprint density at radius 3 is 2.93 bits per heavy atom. The van der Waals surface area contributed by atoms with Crippen LogP contribution in [0, 0.1) is 0 Å². The smallest absolute Gasteiger partial charge is 0.299 e. The van der Waals surface area contributed by atoms with Crippen LogP contribution >= 0.6 is 11.6 Å². The maximum absolute atomic E-state index is 12.0. The first-order valence-electron chi connectivity index (χ1n) is 8.79. The monoisotopic (exact) mass is 408 g/mol. The summed E-state index contributed by atoms with van der Waals surface area (Å²) in [6.45, 7) is 0.473. The molecule has 0 radical (unpaired) electrons. The second kappa shape index (κ2) is 8.30. The van der Waals surface area contributed by atoms with Crippen molar-refractivity contribution in [3.63, 3.8) is 0 Å². The molecular formula is C21H17ClN4O3. The van der Waals surface area contributed by atoms with E-state index in [2.05, 4.69) is 20.3 Å². The van der Waals surface area contributed by atoms with Gasteiger partial charge in [-0.05, 0) is 42.0 Å². The van der Waals surface area contributed by atoms with Crippen LogP contribution in [0.2, 0.25) is 5.02 Å². The summed E-state index contributed by atoms with van der Waals surface area (Å²) in [6, 6.07) is 12.9.